The van der Waals surface area contributed by atoms with Gasteiger partial charge in [-0.2, -0.15) is 22.0 Å². The lowest BCUT2D eigenvalue weighted by molar-refractivity contribution is -0.142. The van der Waals surface area contributed by atoms with Crippen LogP contribution in [0.15, 0.2) is 24.3 Å². The van der Waals surface area contributed by atoms with Gasteiger partial charge in [0.25, 0.3) is 5.92 Å². The molecule has 2 N–H and O–H groups in total. The molecule has 1 rings (SSSR count). The van der Waals surface area contributed by atoms with Crippen LogP contribution in [0.5, 0.6) is 0 Å². The van der Waals surface area contributed by atoms with Gasteiger partial charge in [0.1, 0.15) is 0 Å². The molecule has 1 unspecified atom stereocenters. The lowest BCUT2D eigenvalue weighted by Crippen LogP contribution is -2.37. The Balaban J connectivity index is 3.35. The molecule has 0 amide bonds. The Hall–Kier alpha value is -1.17. The van der Waals surface area contributed by atoms with Crippen LogP contribution in [-0.4, -0.2) is 6.04 Å². The van der Waals surface area contributed by atoms with Crippen LogP contribution in [0, 0.1) is 0 Å². The molecule has 0 heterocycles. The highest BCUT2D eigenvalue weighted by molar-refractivity contribution is 5.34. The highest BCUT2D eigenvalue weighted by atomic mass is 19.4. The summed E-state index contributed by atoms with van der Waals surface area (Å²) in [6.45, 7) is 0.965. The van der Waals surface area contributed by atoms with Crippen LogP contribution >= 0.6 is 0 Å². The first kappa shape index (κ1) is 12.9. The van der Waals surface area contributed by atoms with E-state index in [0.717, 1.165) is 25.1 Å². The molecule has 0 aliphatic carbocycles. The summed E-state index contributed by atoms with van der Waals surface area (Å²) in [5, 5.41) is 0. The summed E-state index contributed by atoms with van der Waals surface area (Å²) in [5.74, 6) is -3.70. The van der Waals surface area contributed by atoms with Crippen LogP contribution in [0.25, 0.3) is 0 Å². The van der Waals surface area contributed by atoms with Crippen molar-refractivity contribution < 1.29 is 22.0 Å². The molecule has 16 heavy (non-hydrogen) atoms. The zero-order chi connectivity index (χ0) is 12.6. The van der Waals surface area contributed by atoms with E-state index in [0.29, 0.717) is 6.07 Å². The van der Waals surface area contributed by atoms with Crippen LogP contribution in [0.3, 0.4) is 0 Å². The van der Waals surface area contributed by atoms with Gasteiger partial charge >= 0.3 is 6.18 Å². The summed E-state index contributed by atoms with van der Waals surface area (Å²) in [6.07, 6.45) is -4.81. The third kappa shape index (κ3) is 2.32. The zero-order valence-electron chi connectivity index (χ0n) is 8.35. The van der Waals surface area contributed by atoms with Gasteiger partial charge in [-0.3, -0.25) is 0 Å². The van der Waals surface area contributed by atoms with Gasteiger partial charge in [-0.15, -0.1) is 0 Å². The van der Waals surface area contributed by atoms with Gasteiger partial charge in [0.05, 0.1) is 11.6 Å². The minimum Gasteiger partial charge on any atom is -0.323 e. The number of rotatable bonds is 2. The van der Waals surface area contributed by atoms with Crippen LogP contribution < -0.4 is 5.73 Å². The number of benzene rings is 1. The first-order valence-corrected chi connectivity index (χ1v) is 4.47. The molecule has 0 spiro atoms. The lowest BCUT2D eigenvalue weighted by atomic mass is 9.97. The van der Waals surface area contributed by atoms with Gasteiger partial charge < -0.3 is 5.73 Å². The molecule has 0 aliphatic heterocycles. The third-order valence-corrected chi connectivity index (χ3v) is 2.16. The van der Waals surface area contributed by atoms with E-state index in [4.69, 9.17) is 5.73 Å². The lowest BCUT2D eigenvalue weighted by Gasteiger charge is -2.24. The third-order valence-electron chi connectivity index (χ3n) is 2.16. The van der Waals surface area contributed by atoms with E-state index >= 15 is 0 Å². The summed E-state index contributed by atoms with van der Waals surface area (Å²) >= 11 is 0. The Morgan fingerprint density at radius 2 is 1.44 bits per heavy atom. The molecule has 90 valence electrons. The number of nitrogens with two attached hydrogens (primary N) is 1. The molecule has 1 nitrogen and oxygen atoms in total. The fraction of sp³-hybridized carbons (Fsp3) is 0.400. The fourth-order valence-electron chi connectivity index (χ4n) is 1.27. The summed E-state index contributed by atoms with van der Waals surface area (Å²) in [6, 6.07) is 1.86. The number of hydrogen-bond donors (Lipinski definition) is 1. The van der Waals surface area contributed by atoms with Crippen molar-refractivity contribution in [2.75, 3.05) is 0 Å². The van der Waals surface area contributed by atoms with E-state index in [9.17, 15) is 22.0 Å². The molecule has 1 aromatic rings. The normalized spacial score (nSPS) is 14.9. The van der Waals surface area contributed by atoms with Gasteiger partial charge in [-0.1, -0.05) is 18.2 Å². The highest BCUT2D eigenvalue weighted by Crippen LogP contribution is 2.40. The largest absolute Gasteiger partial charge is 0.416 e. The summed E-state index contributed by atoms with van der Waals surface area (Å²) in [5.41, 5.74) is 2.56. The van der Waals surface area contributed by atoms with Crippen molar-refractivity contribution in [3.8, 4) is 0 Å². The average Bonchev–Trinajstić information content (AvgIpc) is 2.16. The van der Waals surface area contributed by atoms with Crippen LogP contribution in [-0.2, 0) is 12.1 Å². The Morgan fingerprint density at radius 3 is 1.81 bits per heavy atom. The quantitative estimate of drug-likeness (QED) is 0.788. The van der Waals surface area contributed by atoms with E-state index in [-0.39, 0.29) is 0 Å². The van der Waals surface area contributed by atoms with E-state index in [1.54, 1.807) is 0 Å². The summed E-state index contributed by atoms with van der Waals surface area (Å²) < 4.78 is 64.3. The molecule has 0 bridgehead atoms. The van der Waals surface area contributed by atoms with Gasteiger partial charge in [0, 0.05) is 5.56 Å². The fourth-order valence-corrected chi connectivity index (χ4v) is 1.27. The maximum Gasteiger partial charge on any atom is 0.416 e. The van der Waals surface area contributed by atoms with Gasteiger partial charge in [-0.05, 0) is 13.0 Å². The molecule has 0 saturated heterocycles. The zero-order valence-corrected chi connectivity index (χ0v) is 8.35. The molecule has 1 aromatic carbocycles. The van der Waals surface area contributed by atoms with Crippen molar-refractivity contribution in [2.24, 2.45) is 5.73 Å². The molecule has 0 saturated carbocycles. The van der Waals surface area contributed by atoms with Crippen LogP contribution in [0.2, 0.25) is 0 Å². The van der Waals surface area contributed by atoms with Gasteiger partial charge in [-0.25, -0.2) is 0 Å². The van der Waals surface area contributed by atoms with Crippen molar-refractivity contribution in [3.63, 3.8) is 0 Å². The van der Waals surface area contributed by atoms with Crippen molar-refractivity contribution in [1.29, 1.82) is 0 Å². The predicted molar refractivity (Wildman–Crippen MR) is 49.0 cm³/mol. The maximum atomic E-state index is 13.4. The van der Waals surface area contributed by atoms with Crippen molar-refractivity contribution in [1.82, 2.24) is 0 Å². The topological polar surface area (TPSA) is 26.0 Å². The molecule has 0 radical (unpaired) electrons. The van der Waals surface area contributed by atoms with Gasteiger partial charge in [0.15, 0.2) is 0 Å². The van der Waals surface area contributed by atoms with E-state index in [1.807, 2.05) is 0 Å². The minimum absolute atomic E-state index is 0.617. The summed E-state index contributed by atoms with van der Waals surface area (Å²) in [4.78, 5) is 0. The Kier molecular flexibility index (Phi) is 3.23. The van der Waals surface area contributed by atoms with Crippen molar-refractivity contribution >= 4 is 0 Å². The SMILES string of the molecule is CC(N)C(F)(F)c1ccccc1C(F)(F)F. The molecular formula is C10H10F5N. The molecule has 0 aliphatic rings. The minimum atomic E-state index is -4.81. The van der Waals surface area contributed by atoms with Crippen LogP contribution in [0.1, 0.15) is 18.1 Å². The van der Waals surface area contributed by atoms with Crippen LogP contribution in [0.4, 0.5) is 22.0 Å². The number of alkyl halides is 5. The highest BCUT2D eigenvalue weighted by Gasteiger charge is 2.44. The summed E-state index contributed by atoms with van der Waals surface area (Å²) in [7, 11) is 0. The van der Waals surface area contributed by atoms with Crippen molar-refractivity contribution in [3.05, 3.63) is 35.4 Å². The van der Waals surface area contributed by atoms with E-state index < -0.39 is 29.3 Å². The average molecular weight is 239 g/mol. The maximum absolute atomic E-state index is 13.4. The van der Waals surface area contributed by atoms with Crippen molar-refractivity contribution in [2.45, 2.75) is 25.1 Å². The Bertz CT molecular complexity index is 370. The predicted octanol–water partition coefficient (Wildman–Crippen LogP) is 3.14. The Morgan fingerprint density at radius 1 is 1.00 bits per heavy atom. The second-order valence-electron chi connectivity index (χ2n) is 3.45. The standard InChI is InChI=1S/C10H10F5N/c1-6(16)9(11,12)7-4-2-3-5-8(7)10(13,14)15/h2-6H,16H2,1H3. The number of hydrogen-bond acceptors (Lipinski definition) is 1. The van der Waals surface area contributed by atoms with E-state index in [2.05, 4.69) is 0 Å². The second kappa shape index (κ2) is 4.01. The smallest absolute Gasteiger partial charge is 0.323 e. The van der Waals surface area contributed by atoms with E-state index in [1.165, 1.54) is 0 Å². The molecule has 6 heteroatoms. The molecule has 1 atom stereocenters. The first-order valence-electron chi connectivity index (χ1n) is 4.47. The monoisotopic (exact) mass is 239 g/mol. The number of halogens is 5. The first-order chi connectivity index (χ1) is 7.17. The Labute approximate surface area is 89.1 Å². The molecule has 0 aromatic heterocycles. The second-order valence-corrected chi connectivity index (χ2v) is 3.45. The molecule has 0 fully saturated rings. The molecular weight excluding hydrogens is 229 g/mol. The van der Waals surface area contributed by atoms with Gasteiger partial charge in [0.2, 0.25) is 0 Å².